The van der Waals surface area contributed by atoms with Gasteiger partial charge in [0.2, 0.25) is 5.91 Å². The van der Waals surface area contributed by atoms with E-state index in [0.717, 1.165) is 11.8 Å². The summed E-state index contributed by atoms with van der Waals surface area (Å²) in [6, 6.07) is 6.55. The number of hydrogen-bond donors (Lipinski definition) is 3. The molecule has 1 amide bonds. The molecule has 26 heavy (non-hydrogen) atoms. The van der Waals surface area contributed by atoms with Crippen molar-refractivity contribution in [2.75, 3.05) is 11.1 Å². The highest BCUT2D eigenvalue weighted by molar-refractivity contribution is 7.99. The Balaban J connectivity index is 1.92. The lowest BCUT2D eigenvalue weighted by molar-refractivity contribution is -0.137. The van der Waals surface area contributed by atoms with Gasteiger partial charge in [0.05, 0.1) is 12.2 Å². The van der Waals surface area contributed by atoms with Crippen molar-refractivity contribution in [1.82, 2.24) is 15.2 Å². The minimum atomic E-state index is -1.03. The molecule has 9 nitrogen and oxygen atoms in total. The normalized spacial score (nSPS) is 10.3. The van der Waals surface area contributed by atoms with Crippen LogP contribution in [0.3, 0.4) is 0 Å². The number of H-pyrrole nitrogens is 1. The zero-order chi connectivity index (χ0) is 19.1. The number of anilines is 1. The lowest BCUT2D eigenvalue weighted by Gasteiger charge is -2.06. The Bertz CT molecular complexity index is 896. The molecule has 3 N–H and O–H groups in total. The molecule has 1 heterocycles. The number of nitrogens with zero attached hydrogens (tertiary/aromatic N) is 2. The first-order chi connectivity index (χ1) is 12.3. The van der Waals surface area contributed by atoms with Crippen LogP contribution in [0.15, 0.2) is 34.2 Å². The van der Waals surface area contributed by atoms with Gasteiger partial charge in [-0.05, 0) is 19.1 Å². The fourth-order valence-corrected chi connectivity index (χ4v) is 2.55. The lowest BCUT2D eigenvalue weighted by atomic mass is 10.1. The van der Waals surface area contributed by atoms with Gasteiger partial charge in [0, 0.05) is 17.7 Å². The van der Waals surface area contributed by atoms with Crippen LogP contribution in [0.25, 0.3) is 0 Å². The Hall–Kier alpha value is -3.01. The number of amides is 1. The molecule has 0 saturated heterocycles. The number of aryl methyl sites for hydroxylation is 1. The van der Waals surface area contributed by atoms with E-state index in [1.165, 1.54) is 6.92 Å². The summed E-state index contributed by atoms with van der Waals surface area (Å²) in [5, 5.41) is 18.9. The van der Waals surface area contributed by atoms with E-state index in [1.807, 2.05) is 0 Å². The topological polar surface area (TPSA) is 142 Å². The third kappa shape index (κ3) is 5.81. The molecule has 0 aliphatic heterocycles. The van der Waals surface area contributed by atoms with Crippen LogP contribution in [0.4, 0.5) is 5.69 Å². The Kier molecular flexibility index (Phi) is 6.61. The van der Waals surface area contributed by atoms with E-state index in [4.69, 9.17) is 5.11 Å². The SMILES string of the molecule is CC(=O)c1cccc(NC(=O)CSc2nnc(CCC(=O)O)c(=O)[nH]2)c1. The van der Waals surface area contributed by atoms with E-state index in [9.17, 15) is 19.2 Å². The number of carbonyl (C=O) groups excluding carboxylic acids is 2. The minimum absolute atomic E-state index is 0.0183. The van der Waals surface area contributed by atoms with Crippen LogP contribution in [0, 0.1) is 0 Å². The number of nitrogens with one attached hydrogen (secondary N) is 2. The monoisotopic (exact) mass is 376 g/mol. The number of carbonyl (C=O) groups is 3. The van der Waals surface area contributed by atoms with Gasteiger partial charge in [0.1, 0.15) is 5.69 Å². The van der Waals surface area contributed by atoms with Crippen LogP contribution in [0.5, 0.6) is 0 Å². The number of ketones is 1. The molecule has 2 aromatic rings. The smallest absolute Gasteiger partial charge is 0.303 e. The molecular formula is C16H16N4O5S. The van der Waals surface area contributed by atoms with Gasteiger partial charge in [-0.25, -0.2) is 0 Å². The van der Waals surface area contributed by atoms with Crippen LogP contribution in [0.1, 0.15) is 29.4 Å². The molecule has 1 aromatic heterocycles. The molecule has 0 radical (unpaired) electrons. The largest absolute Gasteiger partial charge is 0.481 e. The van der Waals surface area contributed by atoms with Crippen LogP contribution in [-0.4, -0.2) is 43.7 Å². The van der Waals surface area contributed by atoms with Gasteiger partial charge in [-0.3, -0.25) is 24.2 Å². The first kappa shape index (κ1) is 19.3. The molecule has 1 aromatic carbocycles. The zero-order valence-electron chi connectivity index (χ0n) is 13.8. The van der Waals surface area contributed by atoms with Gasteiger partial charge in [-0.2, -0.15) is 0 Å². The predicted molar refractivity (Wildman–Crippen MR) is 94.4 cm³/mol. The fraction of sp³-hybridized carbons (Fsp3) is 0.250. The summed E-state index contributed by atoms with van der Waals surface area (Å²) in [7, 11) is 0. The van der Waals surface area contributed by atoms with Crippen molar-refractivity contribution in [3.8, 4) is 0 Å². The van der Waals surface area contributed by atoms with Gasteiger partial charge < -0.3 is 10.4 Å². The van der Waals surface area contributed by atoms with E-state index in [-0.39, 0.29) is 41.1 Å². The average Bonchev–Trinajstić information content (AvgIpc) is 2.59. The van der Waals surface area contributed by atoms with Gasteiger partial charge in [-0.15, -0.1) is 10.2 Å². The summed E-state index contributed by atoms with van der Waals surface area (Å²) in [6.45, 7) is 1.44. The molecule has 0 saturated carbocycles. The van der Waals surface area contributed by atoms with Gasteiger partial charge in [-0.1, -0.05) is 23.9 Å². The number of Topliss-reactive ketones (excluding diaryl/α,β-unsaturated/α-hetero) is 1. The number of aromatic nitrogens is 3. The Morgan fingerprint density at radius 1 is 1.27 bits per heavy atom. The van der Waals surface area contributed by atoms with Gasteiger partial charge >= 0.3 is 5.97 Å². The van der Waals surface area contributed by atoms with Crippen LogP contribution in [-0.2, 0) is 16.0 Å². The number of rotatable bonds is 8. The zero-order valence-corrected chi connectivity index (χ0v) is 14.6. The number of benzene rings is 1. The maximum Gasteiger partial charge on any atom is 0.303 e. The van der Waals surface area contributed by atoms with Crippen molar-refractivity contribution in [3.63, 3.8) is 0 Å². The fourth-order valence-electron chi connectivity index (χ4n) is 1.95. The highest BCUT2D eigenvalue weighted by Gasteiger charge is 2.10. The third-order valence-corrected chi connectivity index (χ3v) is 4.08. The Morgan fingerprint density at radius 3 is 2.69 bits per heavy atom. The number of aliphatic carboxylic acids is 1. The average molecular weight is 376 g/mol. The standard InChI is InChI=1S/C16H16N4O5S/c1-9(21)10-3-2-4-11(7-10)17-13(22)8-26-16-18-15(25)12(19-20-16)5-6-14(23)24/h2-4,7H,5-6,8H2,1H3,(H,17,22)(H,23,24)(H,18,20,25). The Labute approximate surface area is 152 Å². The maximum atomic E-state index is 12.0. The number of carboxylic acids is 1. The van der Waals surface area contributed by atoms with Crippen molar-refractivity contribution in [3.05, 3.63) is 45.9 Å². The maximum absolute atomic E-state index is 12.0. The van der Waals surface area contributed by atoms with Crippen molar-refractivity contribution < 1.29 is 19.5 Å². The van der Waals surface area contributed by atoms with Gasteiger partial charge in [0.25, 0.3) is 5.56 Å². The third-order valence-electron chi connectivity index (χ3n) is 3.21. The molecule has 0 atom stereocenters. The quantitative estimate of drug-likeness (QED) is 0.459. The lowest BCUT2D eigenvalue weighted by Crippen LogP contribution is -2.20. The van der Waals surface area contributed by atoms with Crippen molar-refractivity contribution in [2.45, 2.75) is 24.9 Å². The van der Waals surface area contributed by atoms with Crippen LogP contribution in [0.2, 0.25) is 0 Å². The van der Waals surface area contributed by atoms with E-state index in [0.29, 0.717) is 11.3 Å². The second kappa shape index (κ2) is 8.90. The summed E-state index contributed by atoms with van der Waals surface area (Å²) in [5.74, 6) is -1.50. The van der Waals surface area contributed by atoms with Crippen molar-refractivity contribution in [1.29, 1.82) is 0 Å². The molecule has 0 bridgehead atoms. The van der Waals surface area contributed by atoms with E-state index < -0.39 is 11.5 Å². The highest BCUT2D eigenvalue weighted by atomic mass is 32.2. The minimum Gasteiger partial charge on any atom is -0.481 e. The van der Waals surface area contributed by atoms with E-state index in [2.05, 4.69) is 20.5 Å². The molecular weight excluding hydrogens is 360 g/mol. The summed E-state index contributed by atoms with van der Waals surface area (Å²) >= 11 is 0.981. The highest BCUT2D eigenvalue weighted by Crippen LogP contribution is 2.14. The molecule has 10 heteroatoms. The van der Waals surface area contributed by atoms with E-state index >= 15 is 0 Å². The Morgan fingerprint density at radius 2 is 2.04 bits per heavy atom. The number of hydrogen-bond acceptors (Lipinski definition) is 7. The molecule has 136 valence electrons. The van der Waals surface area contributed by atoms with E-state index in [1.54, 1.807) is 24.3 Å². The summed E-state index contributed by atoms with van der Waals surface area (Å²) < 4.78 is 0. The number of thioether (sulfide) groups is 1. The van der Waals surface area contributed by atoms with Gasteiger partial charge in [0.15, 0.2) is 10.9 Å². The molecule has 0 aliphatic rings. The molecule has 0 spiro atoms. The molecule has 0 unspecified atom stereocenters. The second-order valence-corrected chi connectivity index (χ2v) is 6.24. The summed E-state index contributed by atoms with van der Waals surface area (Å²) in [6.07, 6.45) is -0.235. The molecule has 0 fully saturated rings. The number of carboxylic acid groups (broad SMARTS) is 1. The number of aromatic amines is 1. The molecule has 0 aliphatic carbocycles. The van der Waals surface area contributed by atoms with Crippen LogP contribution >= 0.6 is 11.8 Å². The van der Waals surface area contributed by atoms with Crippen LogP contribution < -0.4 is 10.9 Å². The summed E-state index contributed by atoms with van der Waals surface area (Å²) in [4.78, 5) is 48.1. The first-order valence-corrected chi connectivity index (χ1v) is 8.55. The second-order valence-electron chi connectivity index (χ2n) is 5.27. The first-order valence-electron chi connectivity index (χ1n) is 7.56. The predicted octanol–water partition coefficient (Wildman–Crippen LogP) is 1.12. The van der Waals surface area contributed by atoms with Crippen molar-refractivity contribution >= 4 is 35.1 Å². The van der Waals surface area contributed by atoms with Crippen molar-refractivity contribution in [2.24, 2.45) is 0 Å². The summed E-state index contributed by atoms with van der Waals surface area (Å²) in [5.41, 5.74) is 0.482. The molecule has 2 rings (SSSR count).